The number of Topliss-reactive ketones (excluding diaryl/α,β-unsaturated/α-hetero) is 1. The molecule has 0 saturated heterocycles. The first-order valence-electron chi connectivity index (χ1n) is 6.60. The Hall–Kier alpha value is -1.13. The van der Waals surface area contributed by atoms with Gasteiger partial charge in [-0.15, -0.1) is 0 Å². The third-order valence-corrected chi connectivity index (χ3v) is 3.29. The fourth-order valence-corrected chi connectivity index (χ4v) is 2.29. The van der Waals surface area contributed by atoms with Gasteiger partial charge in [-0.25, -0.2) is 0 Å². The van der Waals surface area contributed by atoms with Crippen LogP contribution in [-0.4, -0.2) is 37.3 Å². The van der Waals surface area contributed by atoms with Crippen LogP contribution in [0.15, 0.2) is 12.4 Å². The molecule has 1 heterocycles. The highest BCUT2D eigenvalue weighted by Crippen LogP contribution is 2.21. The van der Waals surface area contributed by atoms with E-state index in [1.807, 2.05) is 6.20 Å². The summed E-state index contributed by atoms with van der Waals surface area (Å²) in [5.74, 6) is 0.293. The second kappa shape index (κ2) is 6.71. The molecule has 100 valence electrons. The van der Waals surface area contributed by atoms with Crippen LogP contribution in [0, 0.1) is 0 Å². The molecular weight excluding hydrogens is 230 g/mol. The summed E-state index contributed by atoms with van der Waals surface area (Å²) in [6.45, 7) is 2.70. The number of hydrogen-bond acceptors (Lipinski definition) is 3. The molecule has 18 heavy (non-hydrogen) atoms. The monoisotopic (exact) mass is 251 g/mol. The van der Waals surface area contributed by atoms with Crippen LogP contribution in [0.4, 0.5) is 0 Å². The van der Waals surface area contributed by atoms with E-state index in [2.05, 4.69) is 10.8 Å². The number of ketones is 1. The van der Waals surface area contributed by atoms with Crippen molar-refractivity contribution in [3.8, 4) is 0 Å². The number of aryl methyl sites for hydroxylation is 1. The van der Waals surface area contributed by atoms with E-state index in [4.69, 9.17) is 9.47 Å². The molecule has 0 spiro atoms. The van der Waals surface area contributed by atoms with Crippen LogP contribution in [0.25, 0.3) is 0 Å². The van der Waals surface area contributed by atoms with Crippen molar-refractivity contribution >= 4 is 5.78 Å². The van der Waals surface area contributed by atoms with E-state index in [1.54, 1.807) is 7.11 Å². The molecule has 1 aliphatic rings. The highest BCUT2D eigenvalue weighted by Gasteiger charge is 2.17. The molecular formula is C14H21NO3. The van der Waals surface area contributed by atoms with Gasteiger partial charge < -0.3 is 14.0 Å². The van der Waals surface area contributed by atoms with Crippen molar-refractivity contribution in [3.63, 3.8) is 0 Å². The number of methoxy groups -OCH3 is 1. The van der Waals surface area contributed by atoms with Crippen molar-refractivity contribution in [1.29, 1.82) is 0 Å². The lowest BCUT2D eigenvalue weighted by atomic mass is 10.1. The number of aromatic nitrogens is 1. The molecule has 0 unspecified atom stereocenters. The number of nitrogens with zero attached hydrogens (tertiary/aromatic N) is 1. The zero-order valence-electron chi connectivity index (χ0n) is 11.0. The number of carbonyl (C=O) groups excluding carboxylic acids is 1. The van der Waals surface area contributed by atoms with Crippen molar-refractivity contribution in [3.05, 3.63) is 23.5 Å². The van der Waals surface area contributed by atoms with E-state index in [-0.39, 0.29) is 0 Å². The summed E-state index contributed by atoms with van der Waals surface area (Å²) >= 11 is 0. The van der Waals surface area contributed by atoms with E-state index in [1.165, 1.54) is 5.56 Å². The topological polar surface area (TPSA) is 40.5 Å². The Balaban J connectivity index is 1.87. The second-order valence-corrected chi connectivity index (χ2v) is 4.67. The molecule has 2 rings (SSSR count). The number of ether oxygens (including phenoxy) is 2. The molecule has 0 atom stereocenters. The number of carbonyl (C=O) groups is 1. The maximum Gasteiger partial charge on any atom is 0.164 e. The molecule has 0 aliphatic heterocycles. The van der Waals surface area contributed by atoms with Crippen LogP contribution in [-0.2, 0) is 22.4 Å². The van der Waals surface area contributed by atoms with Crippen LogP contribution in [0.3, 0.4) is 0 Å². The van der Waals surface area contributed by atoms with Crippen LogP contribution in [0.2, 0.25) is 0 Å². The normalized spacial score (nSPS) is 15.5. The molecule has 0 fully saturated rings. The first kappa shape index (κ1) is 13.3. The summed E-state index contributed by atoms with van der Waals surface area (Å²) in [7, 11) is 1.66. The molecule has 0 amide bonds. The van der Waals surface area contributed by atoms with Crippen LogP contribution in [0.5, 0.6) is 0 Å². The predicted molar refractivity (Wildman–Crippen MR) is 69.0 cm³/mol. The van der Waals surface area contributed by atoms with Crippen molar-refractivity contribution in [1.82, 2.24) is 4.57 Å². The fraction of sp³-hybridized carbons (Fsp3) is 0.643. The molecule has 0 bridgehead atoms. The van der Waals surface area contributed by atoms with Gasteiger partial charge in [-0.2, -0.15) is 0 Å². The van der Waals surface area contributed by atoms with Crippen molar-refractivity contribution in [2.24, 2.45) is 0 Å². The third-order valence-electron chi connectivity index (χ3n) is 3.29. The average Bonchev–Trinajstić information content (AvgIpc) is 2.70. The Morgan fingerprint density at radius 3 is 2.83 bits per heavy atom. The Morgan fingerprint density at radius 2 is 2.00 bits per heavy atom. The summed E-state index contributed by atoms with van der Waals surface area (Å²) in [4.78, 5) is 11.9. The van der Waals surface area contributed by atoms with Gasteiger partial charge in [0.05, 0.1) is 19.8 Å². The molecule has 1 aliphatic carbocycles. The lowest BCUT2D eigenvalue weighted by molar-refractivity contribution is 0.0666. The summed E-state index contributed by atoms with van der Waals surface area (Å²) in [5, 5.41) is 0. The van der Waals surface area contributed by atoms with Gasteiger partial charge in [0, 0.05) is 38.0 Å². The molecule has 0 aromatic carbocycles. The van der Waals surface area contributed by atoms with Crippen LogP contribution >= 0.6 is 0 Å². The molecule has 0 N–H and O–H groups in total. The second-order valence-electron chi connectivity index (χ2n) is 4.67. The van der Waals surface area contributed by atoms with Gasteiger partial charge in [-0.1, -0.05) is 0 Å². The smallest absolute Gasteiger partial charge is 0.164 e. The zero-order valence-corrected chi connectivity index (χ0v) is 11.0. The standard InChI is InChI=1S/C14H21NO3/c1-17-8-9-18-7-6-15-10-12-4-2-3-5-14(16)13(12)11-15/h10-11H,2-9H2,1H3. The minimum Gasteiger partial charge on any atom is -0.382 e. The van der Waals surface area contributed by atoms with Crippen molar-refractivity contribution < 1.29 is 14.3 Å². The van der Waals surface area contributed by atoms with E-state index in [9.17, 15) is 4.79 Å². The van der Waals surface area contributed by atoms with Crippen molar-refractivity contribution in [2.45, 2.75) is 32.2 Å². The summed E-state index contributed by atoms with van der Waals surface area (Å²) in [5.41, 5.74) is 2.12. The van der Waals surface area contributed by atoms with Gasteiger partial charge in [0.2, 0.25) is 0 Å². The highest BCUT2D eigenvalue weighted by atomic mass is 16.5. The minimum atomic E-state index is 0.293. The van der Waals surface area contributed by atoms with Gasteiger partial charge in [-0.3, -0.25) is 4.79 Å². The quantitative estimate of drug-likeness (QED) is 0.574. The summed E-state index contributed by atoms with van der Waals surface area (Å²) in [6.07, 6.45) is 7.93. The summed E-state index contributed by atoms with van der Waals surface area (Å²) in [6, 6.07) is 0. The van der Waals surface area contributed by atoms with E-state index >= 15 is 0 Å². The number of fused-ring (bicyclic) bond motifs is 1. The van der Waals surface area contributed by atoms with Gasteiger partial charge in [0.1, 0.15) is 0 Å². The average molecular weight is 251 g/mol. The largest absolute Gasteiger partial charge is 0.382 e. The predicted octanol–water partition coefficient (Wildman–Crippen LogP) is 2.06. The van der Waals surface area contributed by atoms with Crippen molar-refractivity contribution in [2.75, 3.05) is 26.9 Å². The van der Waals surface area contributed by atoms with E-state index < -0.39 is 0 Å². The fourth-order valence-electron chi connectivity index (χ4n) is 2.29. The molecule has 0 saturated carbocycles. The summed E-state index contributed by atoms with van der Waals surface area (Å²) < 4.78 is 12.4. The third kappa shape index (κ3) is 3.43. The first-order valence-corrected chi connectivity index (χ1v) is 6.60. The SMILES string of the molecule is COCCOCCn1cc2c(c1)C(=O)CCCC2. The van der Waals surface area contributed by atoms with E-state index in [0.717, 1.165) is 31.4 Å². The van der Waals surface area contributed by atoms with E-state index in [0.29, 0.717) is 32.0 Å². The molecule has 1 aromatic rings. The van der Waals surface area contributed by atoms with Crippen LogP contribution in [0.1, 0.15) is 35.2 Å². The first-order chi connectivity index (χ1) is 8.81. The lowest BCUT2D eigenvalue weighted by Crippen LogP contribution is -2.08. The van der Waals surface area contributed by atoms with Gasteiger partial charge >= 0.3 is 0 Å². The molecule has 0 radical (unpaired) electrons. The Kier molecular flexibility index (Phi) is 4.96. The molecule has 4 heteroatoms. The minimum absolute atomic E-state index is 0.293. The van der Waals surface area contributed by atoms with Gasteiger partial charge in [-0.05, 0) is 24.8 Å². The number of hydrogen-bond donors (Lipinski definition) is 0. The van der Waals surface area contributed by atoms with Crippen LogP contribution < -0.4 is 0 Å². The Labute approximate surface area is 108 Å². The van der Waals surface area contributed by atoms with Gasteiger partial charge in [0.25, 0.3) is 0 Å². The highest BCUT2D eigenvalue weighted by molar-refractivity contribution is 5.97. The Bertz CT molecular complexity index is 398. The number of rotatable bonds is 6. The maximum absolute atomic E-state index is 11.9. The lowest BCUT2D eigenvalue weighted by Gasteiger charge is -2.04. The maximum atomic E-state index is 11.9. The molecule has 4 nitrogen and oxygen atoms in total. The Morgan fingerprint density at radius 1 is 1.17 bits per heavy atom. The molecule has 1 aromatic heterocycles. The van der Waals surface area contributed by atoms with Gasteiger partial charge in [0.15, 0.2) is 5.78 Å². The zero-order chi connectivity index (χ0) is 12.8.